The highest BCUT2D eigenvalue weighted by Gasteiger charge is 2.28. The molecule has 0 aromatic heterocycles. The zero-order valence-electron chi connectivity index (χ0n) is 9.43. The molecule has 2 amide bonds. The lowest BCUT2D eigenvalue weighted by molar-refractivity contribution is 0.133. The van der Waals surface area contributed by atoms with E-state index in [-0.39, 0.29) is 25.2 Å². The van der Waals surface area contributed by atoms with Crippen LogP contribution in [-0.4, -0.2) is 60.0 Å². The molecule has 0 aromatic rings. The van der Waals surface area contributed by atoms with Gasteiger partial charge in [-0.15, -0.1) is 0 Å². The first kappa shape index (κ1) is 13.2. The molecule has 6 heteroatoms. The van der Waals surface area contributed by atoms with Gasteiger partial charge in [0.15, 0.2) is 0 Å². The first-order valence-corrected chi connectivity index (χ1v) is 5.66. The Kier molecular flexibility index (Phi) is 5.51. The van der Waals surface area contributed by atoms with Gasteiger partial charge in [0.05, 0.1) is 6.61 Å². The summed E-state index contributed by atoms with van der Waals surface area (Å²) >= 11 is 0. The number of carbonyl (C=O) groups is 1. The molecule has 0 spiro atoms. The summed E-state index contributed by atoms with van der Waals surface area (Å²) in [5.74, 6) is 0.280. The molecular weight excluding hydrogens is 210 g/mol. The predicted octanol–water partition coefficient (Wildman–Crippen LogP) is -1.28. The van der Waals surface area contributed by atoms with Crippen molar-refractivity contribution in [2.75, 3.05) is 32.8 Å². The summed E-state index contributed by atoms with van der Waals surface area (Å²) < 4.78 is 0. The van der Waals surface area contributed by atoms with Crippen LogP contribution in [0.15, 0.2) is 0 Å². The fourth-order valence-corrected chi connectivity index (χ4v) is 2.19. The van der Waals surface area contributed by atoms with E-state index >= 15 is 0 Å². The third-order valence-electron chi connectivity index (χ3n) is 2.93. The number of urea groups is 1. The maximum atomic E-state index is 11.1. The van der Waals surface area contributed by atoms with E-state index < -0.39 is 6.03 Å². The number of likely N-dealkylation sites (tertiary alicyclic amines) is 1. The Morgan fingerprint density at radius 2 is 2.12 bits per heavy atom. The van der Waals surface area contributed by atoms with E-state index in [4.69, 9.17) is 15.9 Å². The van der Waals surface area contributed by atoms with Gasteiger partial charge in [0, 0.05) is 32.3 Å². The lowest BCUT2D eigenvalue weighted by atomic mass is 9.92. The molecule has 1 saturated heterocycles. The molecule has 94 valence electrons. The summed E-state index contributed by atoms with van der Waals surface area (Å²) in [6.07, 6.45) is 1.59. The van der Waals surface area contributed by atoms with Gasteiger partial charge < -0.3 is 26.2 Å². The van der Waals surface area contributed by atoms with Crippen LogP contribution in [0.1, 0.15) is 12.8 Å². The Bertz CT molecular complexity index is 225. The minimum Gasteiger partial charge on any atom is -0.396 e. The molecule has 1 rings (SSSR count). The van der Waals surface area contributed by atoms with Crippen molar-refractivity contribution in [2.24, 2.45) is 11.7 Å². The van der Waals surface area contributed by atoms with E-state index in [0.717, 1.165) is 6.42 Å². The van der Waals surface area contributed by atoms with Crippen molar-refractivity contribution in [3.05, 3.63) is 0 Å². The second-order valence-electron chi connectivity index (χ2n) is 4.23. The Balaban J connectivity index is 2.48. The van der Waals surface area contributed by atoms with Gasteiger partial charge in [0.25, 0.3) is 0 Å². The number of nitrogens with one attached hydrogen (secondary N) is 1. The topological polar surface area (TPSA) is 98.8 Å². The second kappa shape index (κ2) is 6.67. The summed E-state index contributed by atoms with van der Waals surface area (Å²) in [6.45, 7) is 1.93. The van der Waals surface area contributed by atoms with Crippen molar-refractivity contribution in [3.63, 3.8) is 0 Å². The number of amides is 2. The summed E-state index contributed by atoms with van der Waals surface area (Å²) in [4.78, 5) is 12.7. The average Bonchev–Trinajstić information content (AvgIpc) is 2.26. The number of hydrogen-bond donors (Lipinski definition) is 4. The number of piperidine rings is 1. The van der Waals surface area contributed by atoms with Crippen molar-refractivity contribution in [3.8, 4) is 0 Å². The normalized spacial score (nSPS) is 25.8. The van der Waals surface area contributed by atoms with E-state index in [1.54, 1.807) is 4.90 Å². The van der Waals surface area contributed by atoms with Crippen molar-refractivity contribution < 1.29 is 15.0 Å². The molecule has 1 heterocycles. The van der Waals surface area contributed by atoms with Crippen molar-refractivity contribution in [1.82, 2.24) is 10.2 Å². The van der Waals surface area contributed by atoms with Gasteiger partial charge >= 0.3 is 6.03 Å². The Morgan fingerprint density at radius 1 is 1.38 bits per heavy atom. The van der Waals surface area contributed by atoms with Gasteiger partial charge in [-0.2, -0.15) is 0 Å². The molecule has 6 nitrogen and oxygen atoms in total. The second-order valence-corrected chi connectivity index (χ2v) is 4.23. The zero-order chi connectivity index (χ0) is 12.0. The number of nitrogens with zero attached hydrogens (tertiary/aromatic N) is 1. The van der Waals surface area contributed by atoms with E-state index in [9.17, 15) is 4.79 Å². The number of nitrogens with two attached hydrogens (primary N) is 1. The van der Waals surface area contributed by atoms with Crippen LogP contribution in [0, 0.1) is 5.92 Å². The number of aliphatic hydroxyl groups excluding tert-OH is 2. The number of hydrogen-bond acceptors (Lipinski definition) is 4. The molecule has 16 heavy (non-hydrogen) atoms. The number of carbonyl (C=O) groups excluding carboxylic acids is 1. The van der Waals surface area contributed by atoms with Gasteiger partial charge in [-0.05, 0) is 18.8 Å². The third-order valence-corrected chi connectivity index (χ3v) is 2.93. The summed E-state index contributed by atoms with van der Waals surface area (Å²) in [6, 6.07) is -0.261. The fourth-order valence-electron chi connectivity index (χ4n) is 2.19. The van der Waals surface area contributed by atoms with Gasteiger partial charge in [0.2, 0.25) is 0 Å². The number of rotatable bonds is 5. The smallest absolute Gasteiger partial charge is 0.314 e. The fraction of sp³-hybridized carbons (Fsp3) is 0.900. The molecule has 0 radical (unpaired) electrons. The molecule has 1 aliphatic heterocycles. The van der Waals surface area contributed by atoms with E-state index in [1.807, 2.05) is 0 Å². The highest BCUT2D eigenvalue weighted by Crippen LogP contribution is 2.19. The van der Waals surface area contributed by atoms with E-state index in [2.05, 4.69) is 5.32 Å². The highest BCUT2D eigenvalue weighted by atomic mass is 16.3. The van der Waals surface area contributed by atoms with Crippen LogP contribution in [0.5, 0.6) is 0 Å². The van der Waals surface area contributed by atoms with Gasteiger partial charge in [-0.25, -0.2) is 4.79 Å². The molecule has 0 aliphatic carbocycles. The lowest BCUT2D eigenvalue weighted by Gasteiger charge is -2.37. The maximum Gasteiger partial charge on any atom is 0.314 e. The molecule has 0 aromatic carbocycles. The van der Waals surface area contributed by atoms with Gasteiger partial charge in [-0.3, -0.25) is 0 Å². The first-order valence-electron chi connectivity index (χ1n) is 5.66. The van der Waals surface area contributed by atoms with Crippen LogP contribution < -0.4 is 11.1 Å². The van der Waals surface area contributed by atoms with Crippen molar-refractivity contribution >= 4 is 6.03 Å². The lowest BCUT2D eigenvalue weighted by Crippen LogP contribution is -2.53. The Hall–Kier alpha value is -0.850. The monoisotopic (exact) mass is 231 g/mol. The molecule has 1 aliphatic rings. The van der Waals surface area contributed by atoms with Crippen LogP contribution in [0.25, 0.3) is 0 Å². The maximum absolute atomic E-state index is 11.1. The number of aliphatic hydroxyl groups is 2. The van der Waals surface area contributed by atoms with Crippen LogP contribution in [0.3, 0.4) is 0 Å². The SMILES string of the molecule is NC(=O)N1CC(CCO)CC(NCCO)C1. The minimum atomic E-state index is -0.418. The quantitative estimate of drug-likeness (QED) is 0.473. The van der Waals surface area contributed by atoms with Gasteiger partial charge in [-0.1, -0.05) is 0 Å². The summed E-state index contributed by atoms with van der Waals surface area (Å²) in [7, 11) is 0. The van der Waals surface area contributed by atoms with Gasteiger partial charge in [0.1, 0.15) is 0 Å². The van der Waals surface area contributed by atoms with Crippen molar-refractivity contribution in [2.45, 2.75) is 18.9 Å². The minimum absolute atomic E-state index is 0.0811. The Morgan fingerprint density at radius 3 is 2.69 bits per heavy atom. The van der Waals surface area contributed by atoms with Crippen LogP contribution in [0.4, 0.5) is 4.79 Å². The van der Waals surface area contributed by atoms with Crippen LogP contribution >= 0.6 is 0 Å². The highest BCUT2D eigenvalue weighted by molar-refractivity contribution is 5.72. The summed E-state index contributed by atoms with van der Waals surface area (Å²) in [5.41, 5.74) is 5.26. The molecule has 2 unspecified atom stereocenters. The van der Waals surface area contributed by atoms with E-state index in [1.165, 1.54) is 0 Å². The third kappa shape index (κ3) is 3.96. The summed E-state index contributed by atoms with van der Waals surface area (Å²) in [5, 5.41) is 20.8. The van der Waals surface area contributed by atoms with Crippen molar-refractivity contribution in [1.29, 1.82) is 0 Å². The van der Waals surface area contributed by atoms with E-state index in [0.29, 0.717) is 26.1 Å². The Labute approximate surface area is 95.4 Å². The molecule has 2 atom stereocenters. The van der Waals surface area contributed by atoms with Crippen LogP contribution in [-0.2, 0) is 0 Å². The molecular formula is C10H21N3O3. The molecule has 5 N–H and O–H groups in total. The standard InChI is InChI=1S/C10H21N3O3/c11-10(16)13-6-8(1-3-14)5-9(7-13)12-2-4-15/h8-9,12,14-15H,1-7H2,(H2,11,16). The van der Waals surface area contributed by atoms with Crippen LogP contribution in [0.2, 0.25) is 0 Å². The molecule has 0 bridgehead atoms. The first-order chi connectivity index (χ1) is 7.67. The number of primary amides is 1. The zero-order valence-corrected chi connectivity index (χ0v) is 9.43. The molecule has 0 saturated carbocycles. The molecule has 1 fully saturated rings. The average molecular weight is 231 g/mol. The largest absolute Gasteiger partial charge is 0.396 e. The predicted molar refractivity (Wildman–Crippen MR) is 59.8 cm³/mol.